The van der Waals surface area contributed by atoms with Crippen molar-refractivity contribution in [2.75, 3.05) is 5.32 Å². The molecule has 0 saturated carbocycles. The molecule has 1 unspecified atom stereocenters. The van der Waals surface area contributed by atoms with E-state index >= 15 is 0 Å². The van der Waals surface area contributed by atoms with Crippen molar-refractivity contribution in [3.63, 3.8) is 0 Å². The van der Waals surface area contributed by atoms with Crippen molar-refractivity contribution >= 4 is 40.0 Å². The number of hydrogen-bond acceptors (Lipinski definition) is 5. The predicted molar refractivity (Wildman–Crippen MR) is 145 cm³/mol. The van der Waals surface area contributed by atoms with Crippen LogP contribution in [-0.2, 0) is 11.3 Å². The molecule has 0 radical (unpaired) electrons. The molecule has 0 aliphatic rings. The smallest absolute Gasteiger partial charge is 0.263 e. The SMILES string of the molecule is CC(Sc1nnc2n(Cc3ccccc3)c(=O)c3ccccc3n12)C(=O)Nc1ccc(C(C)C)cc1. The van der Waals surface area contributed by atoms with Gasteiger partial charge in [-0.25, -0.2) is 0 Å². The molecule has 8 heteroatoms. The van der Waals surface area contributed by atoms with Crippen LogP contribution in [0.4, 0.5) is 5.69 Å². The highest BCUT2D eigenvalue weighted by molar-refractivity contribution is 8.00. The van der Waals surface area contributed by atoms with E-state index in [1.807, 2.05) is 90.2 Å². The lowest BCUT2D eigenvalue weighted by atomic mass is 10.0. The van der Waals surface area contributed by atoms with Crippen LogP contribution < -0.4 is 10.9 Å². The average Bonchev–Trinajstić information content (AvgIpc) is 3.31. The summed E-state index contributed by atoms with van der Waals surface area (Å²) >= 11 is 1.31. The van der Waals surface area contributed by atoms with Crippen LogP contribution >= 0.6 is 11.8 Å². The molecule has 3 aromatic carbocycles. The van der Waals surface area contributed by atoms with Crippen LogP contribution in [0, 0.1) is 0 Å². The molecule has 0 fully saturated rings. The van der Waals surface area contributed by atoms with E-state index in [1.165, 1.54) is 17.3 Å². The molecule has 1 N–H and O–H groups in total. The molecule has 1 amide bonds. The Morgan fingerprint density at radius 3 is 2.33 bits per heavy atom. The lowest BCUT2D eigenvalue weighted by Crippen LogP contribution is -2.24. The van der Waals surface area contributed by atoms with Crippen molar-refractivity contribution in [3.05, 3.63) is 100 Å². The molecule has 0 saturated heterocycles. The Labute approximate surface area is 213 Å². The highest BCUT2D eigenvalue weighted by Crippen LogP contribution is 2.26. The minimum absolute atomic E-state index is 0.124. The summed E-state index contributed by atoms with van der Waals surface area (Å²) in [6.45, 7) is 6.49. The minimum Gasteiger partial charge on any atom is -0.325 e. The topological polar surface area (TPSA) is 81.3 Å². The number of para-hydroxylation sites is 1. The largest absolute Gasteiger partial charge is 0.325 e. The van der Waals surface area contributed by atoms with E-state index in [1.54, 1.807) is 4.57 Å². The van der Waals surface area contributed by atoms with Gasteiger partial charge in [0.25, 0.3) is 5.56 Å². The number of hydrogen-bond donors (Lipinski definition) is 1. The quantitative estimate of drug-likeness (QED) is 0.307. The number of rotatable bonds is 7. The number of thioether (sulfide) groups is 1. The monoisotopic (exact) mass is 497 g/mol. The number of carbonyl (C=O) groups is 1. The van der Waals surface area contributed by atoms with Crippen LogP contribution in [0.15, 0.2) is 88.8 Å². The van der Waals surface area contributed by atoms with Gasteiger partial charge >= 0.3 is 0 Å². The summed E-state index contributed by atoms with van der Waals surface area (Å²) in [4.78, 5) is 26.3. The first-order valence-corrected chi connectivity index (χ1v) is 12.8. The fourth-order valence-corrected chi connectivity index (χ4v) is 4.98. The van der Waals surface area contributed by atoms with E-state index in [0.717, 1.165) is 11.3 Å². The van der Waals surface area contributed by atoms with Gasteiger partial charge in [-0.3, -0.25) is 18.6 Å². The molecule has 5 rings (SSSR count). The maximum absolute atomic E-state index is 13.4. The van der Waals surface area contributed by atoms with Crippen molar-refractivity contribution in [3.8, 4) is 0 Å². The van der Waals surface area contributed by atoms with Gasteiger partial charge in [-0.05, 0) is 48.2 Å². The molecule has 1 atom stereocenters. The summed E-state index contributed by atoms with van der Waals surface area (Å²) in [5, 5.41) is 12.4. The zero-order chi connectivity index (χ0) is 25.2. The van der Waals surface area contributed by atoms with Gasteiger partial charge in [0.2, 0.25) is 11.7 Å². The number of anilines is 1. The van der Waals surface area contributed by atoms with Crippen molar-refractivity contribution < 1.29 is 4.79 Å². The van der Waals surface area contributed by atoms with E-state index in [9.17, 15) is 9.59 Å². The van der Waals surface area contributed by atoms with Gasteiger partial charge in [0.15, 0.2) is 5.16 Å². The van der Waals surface area contributed by atoms with Gasteiger partial charge in [-0.15, -0.1) is 10.2 Å². The number of fused-ring (bicyclic) bond motifs is 3. The Bertz CT molecular complexity index is 1590. The van der Waals surface area contributed by atoms with Crippen LogP contribution in [0.2, 0.25) is 0 Å². The summed E-state index contributed by atoms with van der Waals surface area (Å²) in [5.41, 5.74) is 3.56. The number of amides is 1. The fourth-order valence-electron chi connectivity index (χ4n) is 4.13. The third-order valence-electron chi connectivity index (χ3n) is 6.16. The second-order valence-corrected chi connectivity index (χ2v) is 10.3. The molecular weight excluding hydrogens is 470 g/mol. The number of aromatic nitrogens is 4. The number of nitrogens with one attached hydrogen (secondary N) is 1. The van der Waals surface area contributed by atoms with Gasteiger partial charge in [-0.2, -0.15) is 0 Å². The maximum Gasteiger partial charge on any atom is 0.263 e. The zero-order valence-electron chi connectivity index (χ0n) is 20.4. The van der Waals surface area contributed by atoms with Crippen molar-refractivity contribution in [2.24, 2.45) is 0 Å². The van der Waals surface area contributed by atoms with Gasteiger partial charge in [-0.1, -0.05) is 80.2 Å². The predicted octanol–water partition coefficient (Wildman–Crippen LogP) is 5.34. The van der Waals surface area contributed by atoms with E-state index < -0.39 is 5.25 Å². The first kappa shape index (κ1) is 23.8. The highest BCUT2D eigenvalue weighted by atomic mass is 32.2. The van der Waals surface area contributed by atoms with Crippen molar-refractivity contribution in [1.29, 1.82) is 0 Å². The van der Waals surface area contributed by atoms with E-state index in [-0.39, 0.29) is 11.5 Å². The standard InChI is InChI=1S/C28H27N5O2S/c1-18(2)21-13-15-22(16-14-21)29-25(34)19(3)36-28-31-30-27-32(17-20-9-5-4-6-10-20)26(35)23-11-7-8-12-24(23)33(27)28/h4-16,18-19H,17H2,1-3H3,(H,29,34). The third kappa shape index (κ3) is 4.64. The third-order valence-corrected chi connectivity index (χ3v) is 7.20. The van der Waals surface area contributed by atoms with Crippen molar-refractivity contribution in [2.45, 2.75) is 43.6 Å². The van der Waals surface area contributed by atoms with Crippen LogP contribution in [0.3, 0.4) is 0 Å². The first-order valence-electron chi connectivity index (χ1n) is 11.9. The molecule has 0 aliphatic carbocycles. The Morgan fingerprint density at radius 2 is 1.61 bits per heavy atom. The van der Waals surface area contributed by atoms with E-state index in [4.69, 9.17) is 0 Å². The zero-order valence-corrected chi connectivity index (χ0v) is 21.2. The number of carbonyl (C=O) groups excluding carboxylic acids is 1. The second-order valence-electron chi connectivity index (χ2n) is 9.04. The molecule has 2 aromatic heterocycles. The molecule has 7 nitrogen and oxygen atoms in total. The molecule has 2 heterocycles. The summed E-state index contributed by atoms with van der Waals surface area (Å²) in [7, 11) is 0. The lowest BCUT2D eigenvalue weighted by molar-refractivity contribution is -0.115. The first-order chi connectivity index (χ1) is 17.4. The summed E-state index contributed by atoms with van der Waals surface area (Å²) < 4.78 is 3.50. The number of nitrogens with zero attached hydrogens (tertiary/aromatic N) is 4. The van der Waals surface area contributed by atoms with E-state index in [2.05, 4.69) is 29.4 Å². The highest BCUT2D eigenvalue weighted by Gasteiger charge is 2.22. The minimum atomic E-state index is -0.435. The summed E-state index contributed by atoms with van der Waals surface area (Å²) in [6.07, 6.45) is 0. The second kappa shape index (κ2) is 9.99. The molecule has 0 aliphatic heterocycles. The molecule has 5 aromatic rings. The maximum atomic E-state index is 13.4. The Hall–Kier alpha value is -3.91. The van der Waals surface area contributed by atoms with Crippen LogP contribution in [-0.4, -0.2) is 30.3 Å². The Balaban J connectivity index is 1.47. The van der Waals surface area contributed by atoms with Gasteiger partial charge in [0.05, 0.1) is 22.7 Å². The van der Waals surface area contributed by atoms with Crippen molar-refractivity contribution in [1.82, 2.24) is 19.2 Å². The van der Waals surface area contributed by atoms with Crippen LogP contribution in [0.5, 0.6) is 0 Å². The molecule has 36 heavy (non-hydrogen) atoms. The Kier molecular flexibility index (Phi) is 6.61. The van der Waals surface area contributed by atoms with Gasteiger partial charge < -0.3 is 5.32 Å². The van der Waals surface area contributed by atoms with Gasteiger partial charge in [0.1, 0.15) is 0 Å². The number of benzene rings is 3. The summed E-state index contributed by atoms with van der Waals surface area (Å²) in [5.74, 6) is 0.748. The normalized spacial score (nSPS) is 12.3. The fraction of sp³-hybridized carbons (Fsp3) is 0.214. The van der Waals surface area contributed by atoms with Crippen LogP contribution in [0.25, 0.3) is 16.7 Å². The molecule has 182 valence electrons. The Morgan fingerprint density at radius 1 is 0.917 bits per heavy atom. The average molecular weight is 498 g/mol. The summed E-state index contributed by atoms with van der Waals surface area (Å²) in [6, 6.07) is 25.1. The lowest BCUT2D eigenvalue weighted by Gasteiger charge is -2.14. The van der Waals surface area contributed by atoms with Gasteiger partial charge in [0, 0.05) is 5.69 Å². The van der Waals surface area contributed by atoms with E-state index in [0.29, 0.717) is 34.3 Å². The molecular formula is C28H27N5O2S. The molecule has 0 spiro atoms. The van der Waals surface area contributed by atoms with Crippen LogP contribution in [0.1, 0.15) is 37.8 Å². The molecule has 0 bridgehead atoms.